The summed E-state index contributed by atoms with van der Waals surface area (Å²) in [6.07, 6.45) is 0.624. The minimum Gasteiger partial charge on any atom is -0.481 e. The number of hydrogen-bond donors (Lipinski definition) is 4. The number of nitrogens with one attached hydrogen (secondary N) is 1. The fourth-order valence-corrected chi connectivity index (χ4v) is 3.18. The molecule has 1 amide bonds. The van der Waals surface area contributed by atoms with Gasteiger partial charge in [-0.3, -0.25) is 14.8 Å². The molecule has 0 saturated carbocycles. The zero-order valence-electron chi connectivity index (χ0n) is 12.6. The van der Waals surface area contributed by atoms with E-state index in [-0.39, 0.29) is 17.7 Å². The Labute approximate surface area is 137 Å². The maximum atomic E-state index is 11.4. The Kier molecular flexibility index (Phi) is 7.56. The van der Waals surface area contributed by atoms with Crippen LogP contribution in [-0.2, 0) is 16.0 Å². The fourth-order valence-electron chi connectivity index (χ4n) is 2.02. The van der Waals surface area contributed by atoms with Gasteiger partial charge in [-0.25, -0.2) is 10.3 Å². The fraction of sp³-hybridized carbons (Fsp3) is 0.400. The van der Waals surface area contributed by atoms with E-state index in [1.807, 2.05) is 0 Å². The second kappa shape index (κ2) is 9.16. The number of carboxylic acids is 2. The minimum atomic E-state index is -1.07. The summed E-state index contributed by atoms with van der Waals surface area (Å²) >= 11 is 1.15. The smallest absolute Gasteiger partial charge is 0.335 e. The van der Waals surface area contributed by atoms with Crippen LogP contribution in [0.4, 0.5) is 0 Å². The number of carboxylic acid groups (broad SMARTS) is 2. The van der Waals surface area contributed by atoms with E-state index in [1.165, 1.54) is 12.1 Å². The molecule has 0 spiro atoms. The Morgan fingerprint density at radius 3 is 2.48 bits per heavy atom. The van der Waals surface area contributed by atoms with Crippen molar-refractivity contribution in [3.8, 4) is 0 Å². The van der Waals surface area contributed by atoms with Crippen LogP contribution in [0.1, 0.15) is 29.3 Å². The summed E-state index contributed by atoms with van der Waals surface area (Å²) in [4.78, 5) is 33.7. The van der Waals surface area contributed by atoms with Crippen molar-refractivity contribution in [3.05, 3.63) is 35.4 Å². The lowest BCUT2D eigenvalue weighted by molar-refractivity contribution is -0.141. The molecule has 1 rings (SSSR count). The number of amides is 1. The van der Waals surface area contributed by atoms with Crippen molar-refractivity contribution in [2.24, 2.45) is 5.92 Å². The van der Waals surface area contributed by atoms with Gasteiger partial charge in [0.1, 0.15) is 0 Å². The summed E-state index contributed by atoms with van der Waals surface area (Å²) in [5.74, 6) is -3.23. The summed E-state index contributed by atoms with van der Waals surface area (Å²) in [6.45, 7) is 1.76. The van der Waals surface area contributed by atoms with Crippen LogP contribution in [0.5, 0.6) is 0 Å². The molecular weight excluding hydrogens is 322 g/mol. The molecule has 0 radical (unpaired) electrons. The highest BCUT2D eigenvalue weighted by atomic mass is 32.2. The van der Waals surface area contributed by atoms with Gasteiger partial charge < -0.3 is 10.2 Å². The van der Waals surface area contributed by atoms with Crippen LogP contribution in [0.3, 0.4) is 0 Å². The summed E-state index contributed by atoms with van der Waals surface area (Å²) in [6, 6.07) is 6.12. The van der Waals surface area contributed by atoms with E-state index in [9.17, 15) is 19.5 Å². The third-order valence-corrected chi connectivity index (χ3v) is 4.82. The van der Waals surface area contributed by atoms with Gasteiger partial charge in [0, 0.05) is 5.75 Å². The number of hydrogen-bond acceptors (Lipinski definition) is 5. The second-order valence-electron chi connectivity index (χ2n) is 4.95. The van der Waals surface area contributed by atoms with Crippen LogP contribution in [0.2, 0.25) is 0 Å². The lowest BCUT2D eigenvalue weighted by atomic mass is 9.99. The average Bonchev–Trinajstić information content (AvgIpc) is 2.53. The third-order valence-electron chi connectivity index (χ3n) is 3.28. The molecule has 8 heteroatoms. The number of aliphatic carboxylic acids is 1. The molecule has 1 aromatic carbocycles. The Morgan fingerprint density at radius 2 is 1.96 bits per heavy atom. The van der Waals surface area contributed by atoms with Gasteiger partial charge in [-0.05, 0) is 30.5 Å². The van der Waals surface area contributed by atoms with Crippen LogP contribution in [0.15, 0.2) is 24.3 Å². The van der Waals surface area contributed by atoms with Crippen LogP contribution >= 0.6 is 11.8 Å². The quantitative estimate of drug-likeness (QED) is 0.397. The highest BCUT2D eigenvalue weighted by molar-refractivity contribution is 8.00. The maximum absolute atomic E-state index is 11.4. The third kappa shape index (κ3) is 5.91. The number of rotatable bonds is 9. The number of carbonyl (C=O) groups is 3. The molecule has 0 bridgehead atoms. The first-order chi connectivity index (χ1) is 10.9. The van der Waals surface area contributed by atoms with Crippen molar-refractivity contribution >= 4 is 29.6 Å². The summed E-state index contributed by atoms with van der Waals surface area (Å²) in [5.41, 5.74) is 2.28. The molecule has 0 aliphatic rings. The lowest BCUT2D eigenvalue weighted by Crippen LogP contribution is -2.31. The molecule has 0 saturated heterocycles. The van der Waals surface area contributed by atoms with E-state index in [0.29, 0.717) is 12.0 Å². The molecule has 2 unspecified atom stereocenters. The number of benzene rings is 1. The molecule has 7 nitrogen and oxygen atoms in total. The Balaban J connectivity index is 2.76. The van der Waals surface area contributed by atoms with Crippen molar-refractivity contribution in [2.45, 2.75) is 25.0 Å². The van der Waals surface area contributed by atoms with E-state index < -0.39 is 29.0 Å². The monoisotopic (exact) mass is 341 g/mol. The topological polar surface area (TPSA) is 124 Å². The SMILES string of the molecule is CCC(SCC(Cc1cccc(C(=O)O)c1)C(=O)O)C(=O)NO. The molecular formula is C15H19NO6S. The molecule has 0 aromatic heterocycles. The van der Waals surface area contributed by atoms with E-state index in [4.69, 9.17) is 10.3 Å². The Bertz CT molecular complexity index is 577. The molecule has 23 heavy (non-hydrogen) atoms. The van der Waals surface area contributed by atoms with Crippen molar-refractivity contribution in [3.63, 3.8) is 0 Å². The first-order valence-electron chi connectivity index (χ1n) is 6.99. The molecule has 0 heterocycles. The molecule has 0 aliphatic heterocycles. The summed E-state index contributed by atoms with van der Waals surface area (Å²) in [7, 11) is 0. The standard InChI is InChI=1S/C15H19NO6S/c1-2-12(13(17)16-22)23-8-11(15(20)21)7-9-4-3-5-10(6-9)14(18)19/h3-6,11-12,22H,2,7-8H2,1H3,(H,16,17)(H,18,19)(H,20,21). The van der Waals surface area contributed by atoms with Gasteiger partial charge in [0.05, 0.1) is 16.7 Å². The molecule has 0 fully saturated rings. The number of aromatic carboxylic acids is 1. The van der Waals surface area contributed by atoms with Gasteiger partial charge >= 0.3 is 11.9 Å². The summed E-state index contributed by atoms with van der Waals surface area (Å²) < 4.78 is 0. The van der Waals surface area contributed by atoms with E-state index in [0.717, 1.165) is 11.8 Å². The zero-order chi connectivity index (χ0) is 17.4. The highest BCUT2D eigenvalue weighted by Gasteiger charge is 2.23. The zero-order valence-corrected chi connectivity index (χ0v) is 13.4. The van der Waals surface area contributed by atoms with Crippen molar-refractivity contribution in [2.75, 3.05) is 5.75 Å². The number of carbonyl (C=O) groups excluding carboxylic acids is 1. The molecule has 1 aromatic rings. The Hall–Kier alpha value is -2.06. The number of thioether (sulfide) groups is 1. The molecule has 2 atom stereocenters. The largest absolute Gasteiger partial charge is 0.481 e. The predicted octanol–water partition coefficient (Wildman–Crippen LogP) is 1.65. The van der Waals surface area contributed by atoms with Crippen molar-refractivity contribution in [1.29, 1.82) is 0 Å². The normalized spacial score (nSPS) is 13.1. The molecule has 4 N–H and O–H groups in total. The van der Waals surface area contributed by atoms with Gasteiger partial charge in [-0.15, -0.1) is 11.8 Å². The van der Waals surface area contributed by atoms with Gasteiger partial charge in [0.15, 0.2) is 0 Å². The van der Waals surface area contributed by atoms with Crippen LogP contribution in [0.25, 0.3) is 0 Å². The first kappa shape index (κ1) is 19.0. The maximum Gasteiger partial charge on any atom is 0.335 e. The second-order valence-corrected chi connectivity index (χ2v) is 6.19. The minimum absolute atomic E-state index is 0.102. The molecule has 0 aliphatic carbocycles. The van der Waals surface area contributed by atoms with E-state index >= 15 is 0 Å². The van der Waals surface area contributed by atoms with Crippen molar-refractivity contribution < 1.29 is 29.8 Å². The highest BCUT2D eigenvalue weighted by Crippen LogP contribution is 2.21. The van der Waals surface area contributed by atoms with Gasteiger partial charge in [-0.2, -0.15) is 0 Å². The summed E-state index contributed by atoms with van der Waals surface area (Å²) in [5, 5.41) is 26.4. The van der Waals surface area contributed by atoms with Crippen LogP contribution < -0.4 is 5.48 Å². The predicted molar refractivity (Wildman–Crippen MR) is 84.7 cm³/mol. The van der Waals surface area contributed by atoms with Crippen LogP contribution in [0, 0.1) is 5.92 Å². The lowest BCUT2D eigenvalue weighted by Gasteiger charge is -2.16. The average molecular weight is 341 g/mol. The van der Waals surface area contributed by atoms with E-state index in [1.54, 1.807) is 24.5 Å². The van der Waals surface area contributed by atoms with Gasteiger partial charge in [0.2, 0.25) is 0 Å². The Morgan fingerprint density at radius 1 is 1.26 bits per heavy atom. The number of hydroxylamine groups is 1. The van der Waals surface area contributed by atoms with Crippen molar-refractivity contribution in [1.82, 2.24) is 5.48 Å². The van der Waals surface area contributed by atoms with Gasteiger partial charge in [-0.1, -0.05) is 19.1 Å². The van der Waals surface area contributed by atoms with E-state index in [2.05, 4.69) is 0 Å². The van der Waals surface area contributed by atoms with Gasteiger partial charge in [0.25, 0.3) is 5.91 Å². The molecule has 126 valence electrons. The van der Waals surface area contributed by atoms with Crippen LogP contribution in [-0.4, -0.2) is 44.3 Å². The first-order valence-corrected chi connectivity index (χ1v) is 8.04.